The van der Waals surface area contributed by atoms with Crippen molar-refractivity contribution in [3.05, 3.63) is 42.0 Å². The second-order valence-corrected chi connectivity index (χ2v) is 5.17. The second kappa shape index (κ2) is 5.99. The second-order valence-electron chi connectivity index (χ2n) is 5.17. The number of aryl methyl sites for hydroxylation is 1. The van der Waals surface area contributed by atoms with Gasteiger partial charge in [0.15, 0.2) is 0 Å². The number of nitrogens with zero attached hydrogens (tertiary/aromatic N) is 2. The first-order valence-electron chi connectivity index (χ1n) is 7.37. The van der Waals surface area contributed by atoms with Gasteiger partial charge in [0.05, 0.1) is 18.4 Å². The van der Waals surface area contributed by atoms with Crippen molar-refractivity contribution in [2.45, 2.75) is 32.7 Å². The fraction of sp³-hybridized carbons (Fsp3) is 0.438. The summed E-state index contributed by atoms with van der Waals surface area (Å²) < 4.78 is 5.67. The van der Waals surface area contributed by atoms with Gasteiger partial charge in [-0.05, 0) is 37.1 Å². The first-order chi connectivity index (χ1) is 9.85. The van der Waals surface area contributed by atoms with Crippen molar-refractivity contribution >= 4 is 11.5 Å². The highest BCUT2D eigenvalue weighted by Gasteiger charge is 2.12. The lowest BCUT2D eigenvalue weighted by Crippen LogP contribution is -2.18. The van der Waals surface area contributed by atoms with Gasteiger partial charge >= 0.3 is 0 Å². The van der Waals surface area contributed by atoms with Crippen LogP contribution in [0, 0.1) is 0 Å². The highest BCUT2D eigenvalue weighted by atomic mass is 16.3. The minimum Gasteiger partial charge on any atom is -0.464 e. The molecule has 20 heavy (non-hydrogen) atoms. The van der Waals surface area contributed by atoms with Crippen molar-refractivity contribution in [2.24, 2.45) is 0 Å². The van der Waals surface area contributed by atoms with E-state index in [0.29, 0.717) is 6.54 Å². The molecule has 0 spiro atoms. The number of hydrogen-bond acceptors (Lipinski definition) is 4. The third-order valence-electron chi connectivity index (χ3n) is 3.71. The Morgan fingerprint density at radius 3 is 2.60 bits per heavy atom. The zero-order valence-electron chi connectivity index (χ0n) is 11.9. The predicted molar refractivity (Wildman–Crippen MR) is 81.1 cm³/mol. The number of furan rings is 1. The van der Waals surface area contributed by atoms with E-state index in [0.717, 1.165) is 42.5 Å². The average Bonchev–Trinajstić information content (AvgIpc) is 3.17. The molecule has 106 valence electrons. The molecule has 0 aliphatic carbocycles. The van der Waals surface area contributed by atoms with Crippen LogP contribution in [0.4, 0.5) is 11.5 Å². The molecule has 0 radical (unpaired) electrons. The standard InChI is InChI=1S/C16H21N3O/c1-2-14-6-7-15(20-14)12-17-13-5-8-16(18-11-13)19-9-3-4-10-19/h5-8,11,17H,2-4,9-10,12H2,1H3. The Labute approximate surface area is 119 Å². The summed E-state index contributed by atoms with van der Waals surface area (Å²) in [6.45, 7) is 5.06. The van der Waals surface area contributed by atoms with Crippen LogP contribution in [0.25, 0.3) is 0 Å². The van der Waals surface area contributed by atoms with Crippen LogP contribution in [0.5, 0.6) is 0 Å². The zero-order chi connectivity index (χ0) is 13.8. The molecular formula is C16H21N3O. The Morgan fingerprint density at radius 1 is 1.15 bits per heavy atom. The van der Waals surface area contributed by atoms with Gasteiger partial charge < -0.3 is 14.6 Å². The third kappa shape index (κ3) is 2.95. The number of rotatable bonds is 5. The topological polar surface area (TPSA) is 41.3 Å². The molecule has 0 saturated carbocycles. The van der Waals surface area contributed by atoms with Gasteiger partial charge in [-0.2, -0.15) is 0 Å². The molecule has 2 aromatic rings. The van der Waals surface area contributed by atoms with Gasteiger partial charge in [0, 0.05) is 19.5 Å². The van der Waals surface area contributed by atoms with Crippen LogP contribution in [0.3, 0.4) is 0 Å². The molecule has 4 heteroatoms. The lowest BCUT2D eigenvalue weighted by Gasteiger charge is -2.16. The van der Waals surface area contributed by atoms with E-state index in [9.17, 15) is 0 Å². The number of hydrogen-bond donors (Lipinski definition) is 1. The van der Waals surface area contributed by atoms with Crippen LogP contribution in [0.15, 0.2) is 34.9 Å². The minimum absolute atomic E-state index is 0.699. The summed E-state index contributed by atoms with van der Waals surface area (Å²) >= 11 is 0. The largest absolute Gasteiger partial charge is 0.464 e. The number of aromatic nitrogens is 1. The molecular weight excluding hydrogens is 250 g/mol. The summed E-state index contributed by atoms with van der Waals surface area (Å²) in [4.78, 5) is 6.86. The fourth-order valence-corrected chi connectivity index (χ4v) is 2.52. The third-order valence-corrected chi connectivity index (χ3v) is 3.71. The molecule has 1 aliphatic rings. The summed E-state index contributed by atoms with van der Waals surface area (Å²) in [7, 11) is 0. The Hall–Kier alpha value is -1.97. The van der Waals surface area contributed by atoms with Gasteiger partial charge in [0.25, 0.3) is 0 Å². The highest BCUT2D eigenvalue weighted by molar-refractivity contribution is 5.49. The number of pyridine rings is 1. The Bertz CT molecular complexity index is 541. The van der Waals surface area contributed by atoms with Crippen LogP contribution in [-0.4, -0.2) is 18.1 Å². The Kier molecular flexibility index (Phi) is 3.90. The normalized spacial score (nSPS) is 14.8. The van der Waals surface area contributed by atoms with E-state index in [2.05, 4.69) is 34.3 Å². The van der Waals surface area contributed by atoms with E-state index in [1.54, 1.807) is 0 Å². The average molecular weight is 271 g/mol. The quantitative estimate of drug-likeness (QED) is 0.904. The molecule has 3 rings (SSSR count). The number of nitrogens with one attached hydrogen (secondary N) is 1. The van der Waals surface area contributed by atoms with E-state index >= 15 is 0 Å². The Morgan fingerprint density at radius 2 is 1.95 bits per heavy atom. The summed E-state index contributed by atoms with van der Waals surface area (Å²) in [5, 5.41) is 3.34. The maximum atomic E-state index is 5.67. The monoisotopic (exact) mass is 271 g/mol. The minimum atomic E-state index is 0.699. The van der Waals surface area contributed by atoms with E-state index < -0.39 is 0 Å². The van der Waals surface area contributed by atoms with Crippen molar-refractivity contribution in [1.29, 1.82) is 0 Å². The molecule has 2 aromatic heterocycles. The Balaban J connectivity index is 1.57. The molecule has 1 N–H and O–H groups in total. The molecule has 1 aliphatic heterocycles. The predicted octanol–water partition coefficient (Wildman–Crippen LogP) is 3.45. The maximum absolute atomic E-state index is 5.67. The van der Waals surface area contributed by atoms with Gasteiger partial charge in [-0.1, -0.05) is 6.92 Å². The maximum Gasteiger partial charge on any atom is 0.128 e. The van der Waals surface area contributed by atoms with Gasteiger partial charge in [0.2, 0.25) is 0 Å². The van der Waals surface area contributed by atoms with Gasteiger partial charge in [0.1, 0.15) is 17.3 Å². The van der Waals surface area contributed by atoms with Crippen LogP contribution >= 0.6 is 0 Å². The molecule has 0 bridgehead atoms. The zero-order valence-corrected chi connectivity index (χ0v) is 11.9. The lowest BCUT2D eigenvalue weighted by atomic mass is 10.3. The van der Waals surface area contributed by atoms with Crippen LogP contribution in [-0.2, 0) is 13.0 Å². The van der Waals surface area contributed by atoms with Crippen molar-refractivity contribution < 1.29 is 4.42 Å². The van der Waals surface area contributed by atoms with Crippen molar-refractivity contribution in [2.75, 3.05) is 23.3 Å². The first-order valence-corrected chi connectivity index (χ1v) is 7.37. The summed E-state index contributed by atoms with van der Waals surface area (Å²) in [6, 6.07) is 8.24. The number of anilines is 2. The summed E-state index contributed by atoms with van der Waals surface area (Å²) in [5.41, 5.74) is 1.03. The van der Waals surface area contributed by atoms with Crippen molar-refractivity contribution in [3.8, 4) is 0 Å². The van der Waals surface area contributed by atoms with Crippen LogP contribution in [0.2, 0.25) is 0 Å². The van der Waals surface area contributed by atoms with Gasteiger partial charge in [-0.15, -0.1) is 0 Å². The van der Waals surface area contributed by atoms with E-state index in [1.807, 2.05) is 18.3 Å². The molecule has 3 heterocycles. The molecule has 0 unspecified atom stereocenters. The highest BCUT2D eigenvalue weighted by Crippen LogP contribution is 2.19. The molecule has 0 atom stereocenters. The smallest absolute Gasteiger partial charge is 0.128 e. The first kappa shape index (κ1) is 13.0. The van der Waals surface area contributed by atoms with Crippen molar-refractivity contribution in [3.63, 3.8) is 0 Å². The van der Waals surface area contributed by atoms with Crippen LogP contribution in [0.1, 0.15) is 31.3 Å². The molecule has 0 amide bonds. The summed E-state index contributed by atoms with van der Waals surface area (Å²) in [6.07, 6.45) is 5.39. The molecule has 1 saturated heterocycles. The van der Waals surface area contributed by atoms with Crippen molar-refractivity contribution in [1.82, 2.24) is 4.98 Å². The van der Waals surface area contributed by atoms with E-state index in [4.69, 9.17) is 4.42 Å². The van der Waals surface area contributed by atoms with E-state index in [-0.39, 0.29) is 0 Å². The van der Waals surface area contributed by atoms with Gasteiger partial charge in [-0.3, -0.25) is 0 Å². The lowest BCUT2D eigenvalue weighted by molar-refractivity contribution is 0.476. The van der Waals surface area contributed by atoms with E-state index in [1.165, 1.54) is 12.8 Å². The molecule has 4 nitrogen and oxygen atoms in total. The summed E-state index contributed by atoms with van der Waals surface area (Å²) in [5.74, 6) is 3.08. The molecule has 1 fully saturated rings. The molecule has 0 aromatic carbocycles. The van der Waals surface area contributed by atoms with Gasteiger partial charge in [-0.25, -0.2) is 4.98 Å². The SMILES string of the molecule is CCc1ccc(CNc2ccc(N3CCCC3)nc2)o1. The fourth-order valence-electron chi connectivity index (χ4n) is 2.52. The van der Waals surface area contributed by atoms with Crippen LogP contribution < -0.4 is 10.2 Å².